The molecule has 1 saturated heterocycles. The fourth-order valence-electron chi connectivity index (χ4n) is 3.97. The van der Waals surface area contributed by atoms with Crippen molar-refractivity contribution in [1.29, 1.82) is 0 Å². The standard InChI is InChI=1S/C17H21N3OS/c1-10-3-6-14(22-10)9-20-12-4-5-13(20)8-16-15(7-12)17(21)19-11(2)18-16/h3,6,12-13H,4-5,7-9H2,1-2H3,(H,18,19,21)/t12-,13+/m0/s1. The molecule has 2 atom stereocenters. The lowest BCUT2D eigenvalue weighted by atomic mass is 9.98. The minimum Gasteiger partial charge on any atom is -0.311 e. The number of aromatic amines is 1. The highest BCUT2D eigenvalue weighted by Crippen LogP contribution is 2.34. The molecule has 2 aliphatic rings. The average Bonchev–Trinajstić information content (AvgIpc) is 2.96. The number of thiophene rings is 1. The van der Waals surface area contributed by atoms with Crippen molar-refractivity contribution in [3.63, 3.8) is 0 Å². The van der Waals surface area contributed by atoms with Gasteiger partial charge in [0.1, 0.15) is 5.82 Å². The van der Waals surface area contributed by atoms with Gasteiger partial charge in [0.15, 0.2) is 0 Å². The molecule has 0 amide bonds. The number of rotatable bonds is 2. The summed E-state index contributed by atoms with van der Waals surface area (Å²) in [6.45, 7) is 5.04. The maximum Gasteiger partial charge on any atom is 0.254 e. The first-order chi connectivity index (χ1) is 10.6. The maximum atomic E-state index is 12.3. The summed E-state index contributed by atoms with van der Waals surface area (Å²) in [4.78, 5) is 25.2. The van der Waals surface area contributed by atoms with Crippen molar-refractivity contribution >= 4 is 11.3 Å². The summed E-state index contributed by atoms with van der Waals surface area (Å²) in [5, 5.41) is 0. The zero-order valence-electron chi connectivity index (χ0n) is 13.1. The largest absolute Gasteiger partial charge is 0.311 e. The topological polar surface area (TPSA) is 49.0 Å². The van der Waals surface area contributed by atoms with Crippen molar-refractivity contribution in [3.05, 3.63) is 49.3 Å². The van der Waals surface area contributed by atoms with Crippen LogP contribution in [0.1, 0.15) is 39.7 Å². The van der Waals surface area contributed by atoms with Crippen LogP contribution >= 0.6 is 11.3 Å². The lowest BCUT2D eigenvalue weighted by Crippen LogP contribution is -2.36. The molecule has 1 fully saturated rings. The van der Waals surface area contributed by atoms with E-state index in [9.17, 15) is 4.79 Å². The Labute approximate surface area is 134 Å². The first-order valence-electron chi connectivity index (χ1n) is 8.00. The number of H-pyrrole nitrogens is 1. The van der Waals surface area contributed by atoms with E-state index < -0.39 is 0 Å². The van der Waals surface area contributed by atoms with Crippen LogP contribution in [0.25, 0.3) is 0 Å². The molecule has 0 saturated carbocycles. The van der Waals surface area contributed by atoms with E-state index in [0.717, 1.165) is 36.5 Å². The van der Waals surface area contributed by atoms with Crippen molar-refractivity contribution in [2.45, 2.75) is 58.2 Å². The van der Waals surface area contributed by atoms with Crippen molar-refractivity contribution < 1.29 is 0 Å². The molecule has 4 rings (SSSR count). The van der Waals surface area contributed by atoms with E-state index in [4.69, 9.17) is 0 Å². The lowest BCUT2D eigenvalue weighted by molar-refractivity contribution is 0.189. The van der Waals surface area contributed by atoms with Crippen LogP contribution in [0.4, 0.5) is 0 Å². The number of hydrogen-bond donors (Lipinski definition) is 1. The zero-order chi connectivity index (χ0) is 15.3. The van der Waals surface area contributed by atoms with E-state index in [-0.39, 0.29) is 5.56 Å². The number of nitrogens with one attached hydrogen (secondary N) is 1. The molecular weight excluding hydrogens is 294 g/mol. The smallest absolute Gasteiger partial charge is 0.254 e. The molecule has 116 valence electrons. The Morgan fingerprint density at radius 1 is 1.27 bits per heavy atom. The highest BCUT2D eigenvalue weighted by atomic mass is 32.1. The Morgan fingerprint density at radius 2 is 2.05 bits per heavy atom. The number of aryl methyl sites for hydroxylation is 2. The molecule has 5 heteroatoms. The summed E-state index contributed by atoms with van der Waals surface area (Å²) in [7, 11) is 0. The van der Waals surface area contributed by atoms with Crippen LogP contribution in [-0.4, -0.2) is 27.0 Å². The van der Waals surface area contributed by atoms with Gasteiger partial charge >= 0.3 is 0 Å². The van der Waals surface area contributed by atoms with Gasteiger partial charge in [-0.2, -0.15) is 0 Å². The molecule has 0 unspecified atom stereocenters. The number of nitrogens with zero attached hydrogens (tertiary/aromatic N) is 2. The van der Waals surface area contributed by atoms with Crippen LogP contribution in [0, 0.1) is 13.8 Å². The van der Waals surface area contributed by atoms with Gasteiger partial charge in [-0.1, -0.05) is 0 Å². The van der Waals surface area contributed by atoms with Crippen LogP contribution in [0.15, 0.2) is 16.9 Å². The maximum absolute atomic E-state index is 12.3. The first kappa shape index (κ1) is 14.2. The summed E-state index contributed by atoms with van der Waals surface area (Å²) < 4.78 is 0. The molecule has 4 nitrogen and oxygen atoms in total. The van der Waals surface area contributed by atoms with E-state index in [2.05, 4.69) is 33.9 Å². The van der Waals surface area contributed by atoms with Crippen molar-refractivity contribution in [1.82, 2.24) is 14.9 Å². The Bertz CT molecular complexity index is 764. The molecular formula is C17H21N3OS. The highest BCUT2D eigenvalue weighted by Gasteiger charge is 2.38. The van der Waals surface area contributed by atoms with Crippen LogP contribution < -0.4 is 5.56 Å². The Balaban J connectivity index is 1.66. The number of hydrogen-bond acceptors (Lipinski definition) is 4. The minimum atomic E-state index is 0.0713. The van der Waals surface area contributed by atoms with E-state index in [0.29, 0.717) is 12.1 Å². The summed E-state index contributed by atoms with van der Waals surface area (Å²) in [5.74, 6) is 0.738. The van der Waals surface area contributed by atoms with Crippen LogP contribution in [0.3, 0.4) is 0 Å². The number of aromatic nitrogens is 2. The predicted octanol–water partition coefficient (Wildman–Crippen LogP) is 2.58. The van der Waals surface area contributed by atoms with Gasteiger partial charge in [-0.25, -0.2) is 4.98 Å². The molecule has 0 radical (unpaired) electrons. The van der Waals surface area contributed by atoms with Gasteiger partial charge in [0.2, 0.25) is 0 Å². The second-order valence-corrected chi connectivity index (χ2v) is 7.93. The van der Waals surface area contributed by atoms with Gasteiger partial charge < -0.3 is 4.98 Å². The molecule has 1 N–H and O–H groups in total. The minimum absolute atomic E-state index is 0.0713. The predicted molar refractivity (Wildman–Crippen MR) is 88.4 cm³/mol. The van der Waals surface area contributed by atoms with Crippen LogP contribution in [0.2, 0.25) is 0 Å². The summed E-state index contributed by atoms with van der Waals surface area (Å²) >= 11 is 1.88. The van der Waals surface area contributed by atoms with Gasteiger partial charge in [-0.15, -0.1) is 11.3 Å². The monoisotopic (exact) mass is 315 g/mol. The van der Waals surface area contributed by atoms with E-state index >= 15 is 0 Å². The van der Waals surface area contributed by atoms with Gasteiger partial charge in [0, 0.05) is 40.4 Å². The van der Waals surface area contributed by atoms with E-state index in [1.54, 1.807) is 0 Å². The lowest BCUT2D eigenvalue weighted by Gasteiger charge is -2.27. The molecule has 22 heavy (non-hydrogen) atoms. The van der Waals surface area contributed by atoms with Crippen molar-refractivity contribution in [2.75, 3.05) is 0 Å². The molecule has 0 aliphatic carbocycles. The van der Waals surface area contributed by atoms with E-state index in [1.165, 1.54) is 22.6 Å². The average molecular weight is 315 g/mol. The van der Waals surface area contributed by atoms with Gasteiger partial charge in [0.25, 0.3) is 5.56 Å². The second kappa shape index (κ2) is 5.32. The van der Waals surface area contributed by atoms with Gasteiger partial charge in [-0.05, 0) is 45.2 Å². The Morgan fingerprint density at radius 3 is 2.77 bits per heavy atom. The molecule has 0 spiro atoms. The molecule has 4 heterocycles. The summed E-state index contributed by atoms with van der Waals surface area (Å²) in [6, 6.07) is 5.46. The van der Waals surface area contributed by atoms with Gasteiger partial charge in [0.05, 0.1) is 5.69 Å². The fraction of sp³-hybridized carbons (Fsp3) is 0.529. The number of fused-ring (bicyclic) bond motifs is 3. The zero-order valence-corrected chi connectivity index (χ0v) is 13.9. The summed E-state index contributed by atoms with van der Waals surface area (Å²) in [6.07, 6.45) is 4.18. The molecule has 2 aromatic heterocycles. The quantitative estimate of drug-likeness (QED) is 0.926. The second-order valence-electron chi connectivity index (χ2n) is 6.55. The normalized spacial score (nSPS) is 24.3. The fourth-order valence-corrected chi connectivity index (χ4v) is 4.87. The van der Waals surface area contributed by atoms with Crippen LogP contribution in [-0.2, 0) is 19.4 Å². The third kappa shape index (κ3) is 2.42. The molecule has 0 aromatic carbocycles. The van der Waals surface area contributed by atoms with Crippen LogP contribution in [0.5, 0.6) is 0 Å². The van der Waals surface area contributed by atoms with Crippen molar-refractivity contribution in [3.8, 4) is 0 Å². The van der Waals surface area contributed by atoms with Gasteiger partial charge in [-0.3, -0.25) is 9.69 Å². The SMILES string of the molecule is Cc1nc2c(c(=O)[nH]1)C[C@@H]1CC[C@H](C2)N1Cc1ccc(C)s1. The molecule has 2 aromatic rings. The molecule has 2 bridgehead atoms. The van der Waals surface area contributed by atoms with E-state index in [1.807, 2.05) is 18.3 Å². The third-order valence-electron chi connectivity index (χ3n) is 4.99. The molecule has 2 aliphatic heterocycles. The third-order valence-corrected chi connectivity index (χ3v) is 5.98. The Hall–Kier alpha value is -1.46. The highest BCUT2D eigenvalue weighted by molar-refractivity contribution is 7.11. The summed E-state index contributed by atoms with van der Waals surface area (Å²) in [5.41, 5.74) is 2.02. The van der Waals surface area contributed by atoms with Crippen molar-refractivity contribution in [2.24, 2.45) is 0 Å². The Kier molecular flexibility index (Phi) is 3.42. The first-order valence-corrected chi connectivity index (χ1v) is 8.81.